The summed E-state index contributed by atoms with van der Waals surface area (Å²) in [5.74, 6) is 0.955. The normalized spacial score (nSPS) is 17.1. The van der Waals surface area contributed by atoms with Crippen LogP contribution in [-0.4, -0.2) is 31.0 Å². The van der Waals surface area contributed by atoms with Crippen LogP contribution in [0.25, 0.3) is 0 Å². The van der Waals surface area contributed by atoms with E-state index in [0.29, 0.717) is 19.4 Å². The van der Waals surface area contributed by atoms with Crippen molar-refractivity contribution in [2.75, 3.05) is 20.3 Å². The molecule has 0 fully saturated rings. The van der Waals surface area contributed by atoms with Crippen LogP contribution >= 0.6 is 15.9 Å². The van der Waals surface area contributed by atoms with Gasteiger partial charge in [0.05, 0.1) is 12.2 Å². The lowest BCUT2D eigenvalue weighted by Gasteiger charge is -2.24. The fourth-order valence-corrected chi connectivity index (χ4v) is 2.85. The quantitative estimate of drug-likeness (QED) is 0.908. The number of halogens is 1. The molecule has 1 aromatic rings. The van der Waals surface area contributed by atoms with Crippen molar-refractivity contribution in [3.05, 3.63) is 27.7 Å². The summed E-state index contributed by atoms with van der Waals surface area (Å²) in [7, 11) is 1.65. The van der Waals surface area contributed by atoms with Crippen LogP contribution in [0.2, 0.25) is 0 Å². The summed E-state index contributed by atoms with van der Waals surface area (Å²) >= 11 is 3.51. The molecule has 0 aromatic heterocycles. The average Bonchev–Trinajstić information content (AvgIpc) is 2.74. The minimum Gasteiger partial charge on any atom is -0.493 e. The Morgan fingerprint density at radius 1 is 1.50 bits per heavy atom. The third-order valence-electron chi connectivity index (χ3n) is 3.24. The standard InChI is InChI=1S/C14H19BrO3/c1-14(16,4-6-17-2)9-11-8-12(15)7-10-3-5-18-13(10)11/h7-8,16H,3-6,9H2,1-2H3. The van der Waals surface area contributed by atoms with Crippen LogP contribution in [0.5, 0.6) is 5.75 Å². The van der Waals surface area contributed by atoms with E-state index in [9.17, 15) is 5.11 Å². The molecular weight excluding hydrogens is 296 g/mol. The molecule has 0 bridgehead atoms. The summed E-state index contributed by atoms with van der Waals surface area (Å²) in [5.41, 5.74) is 1.52. The molecule has 1 aliphatic heterocycles. The minimum atomic E-state index is -0.767. The molecule has 0 amide bonds. The van der Waals surface area contributed by atoms with E-state index in [2.05, 4.69) is 22.0 Å². The summed E-state index contributed by atoms with van der Waals surface area (Å²) in [5, 5.41) is 10.4. The first-order valence-electron chi connectivity index (χ1n) is 6.17. The van der Waals surface area contributed by atoms with Crippen molar-refractivity contribution in [1.82, 2.24) is 0 Å². The van der Waals surface area contributed by atoms with Gasteiger partial charge in [-0.25, -0.2) is 0 Å². The van der Waals surface area contributed by atoms with Crippen LogP contribution in [0.3, 0.4) is 0 Å². The Balaban J connectivity index is 2.19. The van der Waals surface area contributed by atoms with Crippen LogP contribution < -0.4 is 4.74 Å². The van der Waals surface area contributed by atoms with Crippen LogP contribution in [0, 0.1) is 0 Å². The van der Waals surface area contributed by atoms with Gasteiger partial charge in [-0.15, -0.1) is 0 Å². The first-order chi connectivity index (χ1) is 8.52. The molecule has 0 radical (unpaired) electrons. The molecule has 1 unspecified atom stereocenters. The van der Waals surface area contributed by atoms with Crippen molar-refractivity contribution < 1.29 is 14.6 Å². The lowest BCUT2D eigenvalue weighted by molar-refractivity contribution is 0.0245. The molecule has 3 nitrogen and oxygen atoms in total. The molecule has 1 heterocycles. The summed E-state index contributed by atoms with van der Waals surface area (Å²) in [6, 6.07) is 4.13. The Labute approximate surface area is 116 Å². The average molecular weight is 315 g/mol. The van der Waals surface area contributed by atoms with E-state index in [4.69, 9.17) is 9.47 Å². The van der Waals surface area contributed by atoms with Crippen molar-refractivity contribution in [3.8, 4) is 5.75 Å². The highest BCUT2D eigenvalue weighted by atomic mass is 79.9. The highest BCUT2D eigenvalue weighted by molar-refractivity contribution is 9.10. The Morgan fingerprint density at radius 2 is 2.28 bits per heavy atom. The molecule has 1 N–H and O–H groups in total. The first kappa shape index (κ1) is 13.8. The molecular formula is C14H19BrO3. The fourth-order valence-electron chi connectivity index (χ4n) is 2.30. The highest BCUT2D eigenvalue weighted by Crippen LogP contribution is 2.35. The second kappa shape index (κ2) is 5.59. The van der Waals surface area contributed by atoms with Crippen molar-refractivity contribution in [2.45, 2.75) is 31.8 Å². The minimum absolute atomic E-state index is 0.560. The number of benzene rings is 1. The number of fused-ring (bicyclic) bond motifs is 1. The third-order valence-corrected chi connectivity index (χ3v) is 3.70. The summed E-state index contributed by atoms with van der Waals surface area (Å²) < 4.78 is 11.7. The van der Waals surface area contributed by atoms with E-state index < -0.39 is 5.60 Å². The van der Waals surface area contributed by atoms with Crippen LogP contribution in [0.1, 0.15) is 24.5 Å². The van der Waals surface area contributed by atoms with E-state index in [1.54, 1.807) is 7.11 Å². The van der Waals surface area contributed by atoms with E-state index >= 15 is 0 Å². The lowest BCUT2D eigenvalue weighted by Crippen LogP contribution is -2.29. The van der Waals surface area contributed by atoms with E-state index in [1.807, 2.05) is 13.0 Å². The van der Waals surface area contributed by atoms with Gasteiger partial charge in [-0.2, -0.15) is 0 Å². The molecule has 0 aliphatic carbocycles. The van der Waals surface area contributed by atoms with Gasteiger partial charge in [-0.05, 0) is 36.6 Å². The molecule has 2 rings (SSSR count). The van der Waals surface area contributed by atoms with Gasteiger partial charge in [-0.3, -0.25) is 0 Å². The van der Waals surface area contributed by atoms with Crippen LogP contribution in [0.15, 0.2) is 16.6 Å². The van der Waals surface area contributed by atoms with Gasteiger partial charge >= 0.3 is 0 Å². The summed E-state index contributed by atoms with van der Waals surface area (Å²) in [6.07, 6.45) is 2.14. The van der Waals surface area contributed by atoms with Gasteiger partial charge in [0.15, 0.2) is 0 Å². The number of methoxy groups -OCH3 is 1. The molecule has 1 aromatic carbocycles. The lowest BCUT2D eigenvalue weighted by atomic mass is 9.92. The monoisotopic (exact) mass is 314 g/mol. The first-order valence-corrected chi connectivity index (χ1v) is 6.96. The smallest absolute Gasteiger partial charge is 0.125 e. The Morgan fingerprint density at radius 3 is 3.00 bits per heavy atom. The van der Waals surface area contributed by atoms with Crippen LogP contribution in [0.4, 0.5) is 0 Å². The number of rotatable bonds is 5. The molecule has 4 heteroatoms. The fraction of sp³-hybridized carbons (Fsp3) is 0.571. The topological polar surface area (TPSA) is 38.7 Å². The van der Waals surface area contributed by atoms with Crippen LogP contribution in [-0.2, 0) is 17.6 Å². The molecule has 0 spiro atoms. The van der Waals surface area contributed by atoms with Crippen molar-refractivity contribution >= 4 is 15.9 Å². The summed E-state index contributed by atoms with van der Waals surface area (Å²) in [4.78, 5) is 0. The zero-order valence-electron chi connectivity index (χ0n) is 10.8. The zero-order valence-corrected chi connectivity index (χ0v) is 12.4. The Hall–Kier alpha value is -0.580. The Bertz CT molecular complexity index is 429. The van der Waals surface area contributed by atoms with Gasteiger partial charge in [0, 0.05) is 31.0 Å². The predicted octanol–water partition coefficient (Wildman–Crippen LogP) is 2.71. The Kier molecular flexibility index (Phi) is 4.30. The van der Waals surface area contributed by atoms with E-state index in [0.717, 1.165) is 28.8 Å². The second-order valence-electron chi connectivity index (χ2n) is 5.07. The van der Waals surface area contributed by atoms with Gasteiger partial charge in [0.2, 0.25) is 0 Å². The van der Waals surface area contributed by atoms with Gasteiger partial charge < -0.3 is 14.6 Å². The summed E-state index contributed by atoms with van der Waals surface area (Å²) in [6.45, 7) is 3.14. The number of ether oxygens (including phenoxy) is 2. The largest absolute Gasteiger partial charge is 0.493 e. The van der Waals surface area contributed by atoms with Crippen molar-refractivity contribution in [3.63, 3.8) is 0 Å². The van der Waals surface area contributed by atoms with E-state index in [1.165, 1.54) is 5.56 Å². The molecule has 18 heavy (non-hydrogen) atoms. The highest BCUT2D eigenvalue weighted by Gasteiger charge is 2.25. The SMILES string of the molecule is COCCC(C)(O)Cc1cc(Br)cc2c1OCC2. The third kappa shape index (κ3) is 3.25. The van der Waals surface area contributed by atoms with Gasteiger partial charge in [-0.1, -0.05) is 15.9 Å². The maximum Gasteiger partial charge on any atom is 0.125 e. The zero-order chi connectivity index (χ0) is 13.2. The number of hydrogen-bond donors (Lipinski definition) is 1. The maximum atomic E-state index is 10.4. The molecule has 0 saturated carbocycles. The van der Waals surface area contributed by atoms with E-state index in [-0.39, 0.29) is 0 Å². The molecule has 1 atom stereocenters. The number of aliphatic hydroxyl groups is 1. The van der Waals surface area contributed by atoms with Gasteiger partial charge in [0.25, 0.3) is 0 Å². The van der Waals surface area contributed by atoms with Crippen molar-refractivity contribution in [1.29, 1.82) is 0 Å². The molecule has 1 aliphatic rings. The number of hydrogen-bond acceptors (Lipinski definition) is 3. The molecule has 0 saturated heterocycles. The maximum absolute atomic E-state index is 10.4. The predicted molar refractivity (Wildman–Crippen MR) is 74.2 cm³/mol. The second-order valence-corrected chi connectivity index (χ2v) is 5.98. The van der Waals surface area contributed by atoms with Gasteiger partial charge in [0.1, 0.15) is 5.75 Å². The van der Waals surface area contributed by atoms with Crippen molar-refractivity contribution in [2.24, 2.45) is 0 Å². The molecule has 100 valence electrons.